The van der Waals surface area contributed by atoms with Crippen LogP contribution >= 0.6 is 11.3 Å². The van der Waals surface area contributed by atoms with Crippen LogP contribution < -0.4 is 5.32 Å². The monoisotopic (exact) mass is 478 g/mol. The number of sulfone groups is 1. The van der Waals surface area contributed by atoms with E-state index in [4.69, 9.17) is 4.74 Å². The molecule has 1 fully saturated rings. The van der Waals surface area contributed by atoms with Crippen molar-refractivity contribution in [3.8, 4) is 11.1 Å². The molecular weight excluding hydrogens is 448 g/mol. The number of carbonyl (C=O) groups is 2. The number of thiophene rings is 1. The SMILES string of the molecule is CCCN(CC(=O)Nc1sc(C)c(-c2ccccc2)c1C(=O)OCC)C1CCS(=O)(=O)C1. The van der Waals surface area contributed by atoms with Gasteiger partial charge in [-0.1, -0.05) is 37.3 Å². The summed E-state index contributed by atoms with van der Waals surface area (Å²) in [4.78, 5) is 28.6. The first-order valence-corrected chi connectivity index (χ1v) is 13.5. The largest absolute Gasteiger partial charge is 0.462 e. The normalized spacial score (nSPS) is 17.4. The van der Waals surface area contributed by atoms with Crippen molar-refractivity contribution in [2.45, 2.75) is 39.7 Å². The van der Waals surface area contributed by atoms with Gasteiger partial charge < -0.3 is 10.1 Å². The molecule has 3 rings (SSSR count). The van der Waals surface area contributed by atoms with E-state index in [2.05, 4.69) is 5.32 Å². The van der Waals surface area contributed by atoms with Crippen molar-refractivity contribution in [2.75, 3.05) is 36.5 Å². The number of nitrogens with one attached hydrogen (secondary N) is 1. The van der Waals surface area contributed by atoms with E-state index in [1.807, 2.05) is 49.1 Å². The first-order chi connectivity index (χ1) is 15.3. The van der Waals surface area contributed by atoms with Crippen molar-refractivity contribution in [1.29, 1.82) is 0 Å². The zero-order chi connectivity index (χ0) is 23.3. The van der Waals surface area contributed by atoms with Crippen LogP contribution in [0.3, 0.4) is 0 Å². The number of hydrogen-bond donors (Lipinski definition) is 1. The highest BCUT2D eigenvalue weighted by molar-refractivity contribution is 7.91. The molecule has 2 heterocycles. The Balaban J connectivity index is 1.85. The third kappa shape index (κ3) is 5.76. The summed E-state index contributed by atoms with van der Waals surface area (Å²) in [6, 6.07) is 9.40. The van der Waals surface area contributed by atoms with Gasteiger partial charge in [-0.15, -0.1) is 11.3 Å². The second-order valence-corrected chi connectivity index (χ2v) is 11.4. The quantitative estimate of drug-likeness (QED) is 0.552. The third-order valence-electron chi connectivity index (χ3n) is 5.46. The Bertz CT molecular complexity index is 1060. The number of anilines is 1. The number of hydrogen-bond acceptors (Lipinski definition) is 7. The van der Waals surface area contributed by atoms with E-state index in [1.54, 1.807) is 6.92 Å². The van der Waals surface area contributed by atoms with Crippen LogP contribution in [-0.4, -0.2) is 62.4 Å². The molecule has 32 heavy (non-hydrogen) atoms. The van der Waals surface area contributed by atoms with Crippen molar-refractivity contribution in [2.24, 2.45) is 0 Å². The minimum Gasteiger partial charge on any atom is -0.462 e. The molecule has 0 saturated carbocycles. The lowest BCUT2D eigenvalue weighted by atomic mass is 10.0. The highest BCUT2D eigenvalue weighted by Crippen LogP contribution is 2.40. The number of benzene rings is 1. The van der Waals surface area contributed by atoms with Crippen LogP contribution in [0.4, 0.5) is 5.00 Å². The van der Waals surface area contributed by atoms with Gasteiger partial charge in [0.05, 0.1) is 24.7 Å². The Labute approximate surface area is 193 Å². The predicted octanol–water partition coefficient (Wildman–Crippen LogP) is 3.74. The molecular formula is C23H30N2O5S2. The van der Waals surface area contributed by atoms with E-state index >= 15 is 0 Å². The van der Waals surface area contributed by atoms with E-state index < -0.39 is 15.8 Å². The Morgan fingerprint density at radius 1 is 1.22 bits per heavy atom. The second-order valence-electron chi connectivity index (χ2n) is 7.90. The summed E-state index contributed by atoms with van der Waals surface area (Å²) in [5.74, 6) is -0.491. The number of esters is 1. The molecule has 7 nitrogen and oxygen atoms in total. The van der Waals surface area contributed by atoms with Crippen molar-refractivity contribution < 1.29 is 22.7 Å². The fourth-order valence-corrected chi connectivity index (χ4v) is 6.92. The number of amides is 1. The molecule has 1 saturated heterocycles. The molecule has 174 valence electrons. The molecule has 0 spiro atoms. The molecule has 1 aliphatic rings. The molecule has 1 atom stereocenters. The molecule has 1 aliphatic heterocycles. The van der Waals surface area contributed by atoms with Crippen LogP contribution in [0.15, 0.2) is 30.3 Å². The standard InChI is InChI=1S/C23H30N2O5S2/c1-4-12-25(18-11-13-32(28,29)15-18)14-19(26)24-22-21(23(27)30-5-2)20(16(3)31-22)17-9-7-6-8-10-17/h6-10,18H,4-5,11-15H2,1-3H3,(H,24,26). The van der Waals surface area contributed by atoms with E-state index in [0.29, 0.717) is 23.5 Å². The molecule has 0 aliphatic carbocycles. The average molecular weight is 479 g/mol. The minimum atomic E-state index is -3.04. The van der Waals surface area contributed by atoms with Crippen molar-refractivity contribution >= 4 is 38.1 Å². The Morgan fingerprint density at radius 2 is 1.94 bits per heavy atom. The number of ether oxygens (including phenoxy) is 1. The van der Waals surface area contributed by atoms with Crippen LogP contribution in [0.1, 0.15) is 41.9 Å². The molecule has 1 unspecified atom stereocenters. The first-order valence-electron chi connectivity index (χ1n) is 10.9. The van der Waals surface area contributed by atoms with Gasteiger partial charge in [-0.05, 0) is 38.8 Å². The zero-order valence-corrected chi connectivity index (χ0v) is 20.4. The fourth-order valence-electron chi connectivity index (χ4n) is 4.08. The van der Waals surface area contributed by atoms with Crippen molar-refractivity contribution in [3.05, 3.63) is 40.8 Å². The summed E-state index contributed by atoms with van der Waals surface area (Å²) < 4.78 is 29.1. The maximum absolute atomic E-state index is 13.0. The van der Waals surface area contributed by atoms with Gasteiger partial charge in [0.15, 0.2) is 9.84 Å². The van der Waals surface area contributed by atoms with Crippen molar-refractivity contribution in [1.82, 2.24) is 4.90 Å². The average Bonchev–Trinajstić information content (AvgIpc) is 3.27. The van der Waals surface area contributed by atoms with E-state index in [-0.39, 0.29) is 36.6 Å². The lowest BCUT2D eigenvalue weighted by Gasteiger charge is -2.26. The highest BCUT2D eigenvalue weighted by atomic mass is 32.2. The predicted molar refractivity (Wildman–Crippen MR) is 128 cm³/mol. The summed E-state index contributed by atoms with van der Waals surface area (Å²) in [6.07, 6.45) is 1.36. The molecule has 0 radical (unpaired) electrons. The maximum Gasteiger partial charge on any atom is 0.341 e. The Morgan fingerprint density at radius 3 is 2.53 bits per heavy atom. The highest BCUT2D eigenvalue weighted by Gasteiger charge is 2.33. The van der Waals surface area contributed by atoms with Gasteiger partial charge in [-0.25, -0.2) is 13.2 Å². The summed E-state index contributed by atoms with van der Waals surface area (Å²) in [5, 5.41) is 3.36. The first kappa shape index (κ1) is 24.4. The minimum absolute atomic E-state index is 0.0773. The van der Waals surface area contributed by atoms with Crippen LogP contribution in [0.2, 0.25) is 0 Å². The molecule has 1 aromatic carbocycles. The number of carbonyl (C=O) groups excluding carboxylic acids is 2. The van der Waals surface area contributed by atoms with Gasteiger partial charge >= 0.3 is 5.97 Å². The lowest BCUT2D eigenvalue weighted by molar-refractivity contribution is -0.117. The molecule has 2 aromatic rings. The number of rotatable bonds is 9. The number of aryl methyl sites for hydroxylation is 1. The van der Waals surface area contributed by atoms with E-state index in [0.717, 1.165) is 22.4 Å². The molecule has 1 N–H and O–H groups in total. The second kappa shape index (κ2) is 10.6. The Kier molecular flexibility index (Phi) is 8.08. The van der Waals surface area contributed by atoms with Crippen LogP contribution in [0.5, 0.6) is 0 Å². The molecule has 0 bridgehead atoms. The fraction of sp³-hybridized carbons (Fsp3) is 0.478. The molecule has 1 aromatic heterocycles. The van der Waals surface area contributed by atoms with E-state index in [9.17, 15) is 18.0 Å². The van der Waals surface area contributed by atoms with Crippen LogP contribution in [-0.2, 0) is 19.4 Å². The van der Waals surface area contributed by atoms with Gasteiger partial charge in [0.25, 0.3) is 0 Å². The smallest absolute Gasteiger partial charge is 0.341 e. The van der Waals surface area contributed by atoms with Gasteiger partial charge in [0, 0.05) is 16.5 Å². The summed E-state index contributed by atoms with van der Waals surface area (Å²) in [7, 11) is -3.04. The topological polar surface area (TPSA) is 92.8 Å². The number of nitrogens with zero attached hydrogens (tertiary/aromatic N) is 1. The van der Waals surface area contributed by atoms with Gasteiger partial charge in [-0.2, -0.15) is 0 Å². The van der Waals surface area contributed by atoms with Gasteiger partial charge in [0.1, 0.15) is 10.6 Å². The third-order valence-corrected chi connectivity index (χ3v) is 8.23. The van der Waals surface area contributed by atoms with Crippen LogP contribution in [0, 0.1) is 6.92 Å². The maximum atomic E-state index is 13.0. The van der Waals surface area contributed by atoms with Crippen LogP contribution in [0.25, 0.3) is 11.1 Å². The lowest BCUT2D eigenvalue weighted by Crippen LogP contribution is -2.42. The van der Waals surface area contributed by atoms with E-state index in [1.165, 1.54) is 11.3 Å². The molecule has 9 heteroatoms. The van der Waals surface area contributed by atoms with Crippen molar-refractivity contribution in [3.63, 3.8) is 0 Å². The zero-order valence-electron chi connectivity index (χ0n) is 18.7. The summed E-state index contributed by atoms with van der Waals surface area (Å²) in [5.41, 5.74) is 2.00. The summed E-state index contributed by atoms with van der Waals surface area (Å²) in [6.45, 7) is 6.61. The molecule has 1 amide bonds. The van der Waals surface area contributed by atoms with Gasteiger partial charge in [0.2, 0.25) is 5.91 Å². The Hall–Kier alpha value is -2.23. The van der Waals surface area contributed by atoms with Gasteiger partial charge in [-0.3, -0.25) is 9.69 Å². The summed E-state index contributed by atoms with van der Waals surface area (Å²) >= 11 is 1.34.